The van der Waals surface area contributed by atoms with E-state index in [1.165, 1.54) is 16.3 Å². The van der Waals surface area contributed by atoms with Gasteiger partial charge >= 0.3 is 0 Å². The van der Waals surface area contributed by atoms with Gasteiger partial charge in [-0.25, -0.2) is 9.97 Å². The molecule has 0 spiro atoms. The van der Waals surface area contributed by atoms with Crippen molar-refractivity contribution in [1.82, 2.24) is 14.5 Å². The van der Waals surface area contributed by atoms with E-state index in [0.29, 0.717) is 16.1 Å². The van der Waals surface area contributed by atoms with Gasteiger partial charge < -0.3 is 4.57 Å². The molecule has 5 heteroatoms. The van der Waals surface area contributed by atoms with E-state index in [1.54, 1.807) is 19.4 Å². The summed E-state index contributed by atoms with van der Waals surface area (Å²) in [6, 6.07) is 1.82. The summed E-state index contributed by atoms with van der Waals surface area (Å²) in [6.07, 6.45) is 5.19. The van der Waals surface area contributed by atoms with Crippen molar-refractivity contribution < 1.29 is 0 Å². The molecule has 0 aliphatic rings. The Morgan fingerprint density at radius 1 is 1.50 bits per heavy atom. The summed E-state index contributed by atoms with van der Waals surface area (Å²) in [5, 5.41) is 1.25. The second-order valence-corrected chi connectivity index (χ2v) is 3.66. The van der Waals surface area contributed by atoms with Crippen LogP contribution >= 0.6 is 11.8 Å². The number of fused-ring (bicyclic) bond motifs is 1. The van der Waals surface area contributed by atoms with Gasteiger partial charge in [0.2, 0.25) is 0 Å². The molecule has 0 radical (unpaired) electrons. The Morgan fingerprint density at radius 3 is 3.00 bits per heavy atom. The van der Waals surface area contributed by atoms with Gasteiger partial charge in [-0.1, -0.05) is 11.8 Å². The van der Waals surface area contributed by atoms with Crippen LogP contribution in [0.2, 0.25) is 0 Å². The second-order valence-electron chi connectivity index (χ2n) is 2.89. The third kappa shape index (κ3) is 1.39. The molecule has 0 aliphatic heterocycles. The standard InChI is InChI=1S/C9H9N3OS/c1-12-4-3-7-6(8(12)13)5-10-9(11-7)14-2/h3-5H,1-2H3. The fraction of sp³-hybridized carbons (Fsp3) is 0.222. The maximum atomic E-state index is 11.6. The summed E-state index contributed by atoms with van der Waals surface area (Å²) in [5.41, 5.74) is 0.641. The Morgan fingerprint density at radius 2 is 2.29 bits per heavy atom. The third-order valence-electron chi connectivity index (χ3n) is 1.99. The number of pyridine rings is 1. The smallest absolute Gasteiger partial charge is 0.261 e. The number of aromatic nitrogens is 3. The predicted molar refractivity (Wildman–Crippen MR) is 56.6 cm³/mol. The van der Waals surface area contributed by atoms with E-state index in [4.69, 9.17) is 0 Å². The van der Waals surface area contributed by atoms with Crippen LogP contribution < -0.4 is 5.56 Å². The molecular formula is C9H9N3OS. The first-order chi connectivity index (χ1) is 6.72. The van der Waals surface area contributed by atoms with Crippen molar-refractivity contribution in [2.24, 2.45) is 7.05 Å². The highest BCUT2D eigenvalue weighted by molar-refractivity contribution is 7.98. The molecule has 0 fully saturated rings. The van der Waals surface area contributed by atoms with Gasteiger partial charge in [-0.15, -0.1) is 0 Å². The molecule has 0 bridgehead atoms. The van der Waals surface area contributed by atoms with Crippen molar-refractivity contribution in [3.8, 4) is 0 Å². The Kier molecular flexibility index (Phi) is 2.25. The molecule has 0 saturated carbocycles. The SMILES string of the molecule is CSc1ncc2c(=O)n(C)ccc2n1. The van der Waals surface area contributed by atoms with Gasteiger partial charge in [0.25, 0.3) is 5.56 Å². The number of thioether (sulfide) groups is 1. The van der Waals surface area contributed by atoms with E-state index in [2.05, 4.69) is 9.97 Å². The molecule has 2 aromatic heterocycles. The first-order valence-electron chi connectivity index (χ1n) is 4.09. The van der Waals surface area contributed by atoms with Crippen LogP contribution in [0.25, 0.3) is 10.9 Å². The van der Waals surface area contributed by atoms with Gasteiger partial charge in [0.05, 0.1) is 10.9 Å². The lowest BCUT2D eigenvalue weighted by Crippen LogP contribution is -2.16. The Labute approximate surface area is 85.0 Å². The van der Waals surface area contributed by atoms with Gasteiger partial charge in [0.1, 0.15) is 0 Å². The monoisotopic (exact) mass is 207 g/mol. The molecule has 2 aromatic rings. The van der Waals surface area contributed by atoms with Gasteiger partial charge in [0.15, 0.2) is 5.16 Å². The van der Waals surface area contributed by atoms with Gasteiger partial charge in [-0.05, 0) is 12.3 Å². The lowest BCUT2D eigenvalue weighted by molar-refractivity contribution is 0.866. The lowest BCUT2D eigenvalue weighted by atomic mass is 10.3. The molecule has 0 aliphatic carbocycles. The van der Waals surface area contributed by atoms with Crippen LogP contribution in [-0.4, -0.2) is 20.8 Å². The average molecular weight is 207 g/mol. The largest absolute Gasteiger partial charge is 0.318 e. The molecule has 0 amide bonds. The molecule has 2 heterocycles. The van der Waals surface area contributed by atoms with Gasteiger partial charge in [-0.3, -0.25) is 4.79 Å². The van der Waals surface area contributed by atoms with E-state index in [1.807, 2.05) is 12.3 Å². The van der Waals surface area contributed by atoms with Crippen molar-refractivity contribution in [3.05, 3.63) is 28.8 Å². The van der Waals surface area contributed by atoms with Crippen LogP contribution in [0.3, 0.4) is 0 Å². The highest BCUT2D eigenvalue weighted by Gasteiger charge is 2.02. The van der Waals surface area contributed by atoms with E-state index < -0.39 is 0 Å². The zero-order valence-electron chi connectivity index (χ0n) is 7.89. The maximum absolute atomic E-state index is 11.6. The van der Waals surface area contributed by atoms with Crippen LogP contribution in [0.1, 0.15) is 0 Å². The number of aryl methyl sites for hydroxylation is 1. The minimum Gasteiger partial charge on any atom is -0.318 e. The minimum absolute atomic E-state index is 0.0600. The third-order valence-corrected chi connectivity index (χ3v) is 2.55. The first kappa shape index (κ1) is 9.21. The molecule has 0 saturated heterocycles. The van der Waals surface area contributed by atoms with Crippen LogP contribution in [0.4, 0.5) is 0 Å². The van der Waals surface area contributed by atoms with Gasteiger partial charge in [-0.2, -0.15) is 0 Å². The molecule has 0 aromatic carbocycles. The highest BCUT2D eigenvalue weighted by Crippen LogP contribution is 2.11. The normalized spacial score (nSPS) is 10.7. The summed E-state index contributed by atoms with van der Waals surface area (Å²) >= 11 is 1.46. The molecular weight excluding hydrogens is 198 g/mol. The number of hydrogen-bond donors (Lipinski definition) is 0. The van der Waals surface area contributed by atoms with E-state index >= 15 is 0 Å². The van der Waals surface area contributed by atoms with E-state index in [0.717, 1.165) is 0 Å². The Bertz CT molecular complexity index is 535. The van der Waals surface area contributed by atoms with Gasteiger partial charge in [0, 0.05) is 19.4 Å². The van der Waals surface area contributed by atoms with E-state index in [9.17, 15) is 4.79 Å². The van der Waals surface area contributed by atoms with Crippen molar-refractivity contribution >= 4 is 22.7 Å². The molecule has 72 valence electrons. The van der Waals surface area contributed by atoms with E-state index in [-0.39, 0.29) is 5.56 Å². The quantitative estimate of drug-likeness (QED) is 0.518. The zero-order chi connectivity index (χ0) is 10.1. The number of nitrogens with zero attached hydrogens (tertiary/aromatic N) is 3. The number of hydrogen-bond acceptors (Lipinski definition) is 4. The summed E-state index contributed by atoms with van der Waals surface area (Å²) in [6.45, 7) is 0. The second kappa shape index (κ2) is 3.42. The van der Waals surface area contributed by atoms with Crippen molar-refractivity contribution in [2.45, 2.75) is 5.16 Å². The average Bonchev–Trinajstić information content (AvgIpc) is 2.23. The molecule has 0 N–H and O–H groups in total. The predicted octanol–water partition coefficient (Wildman–Crippen LogP) is 1.05. The molecule has 14 heavy (non-hydrogen) atoms. The zero-order valence-corrected chi connectivity index (χ0v) is 8.71. The molecule has 0 unspecified atom stereocenters. The fourth-order valence-corrected chi connectivity index (χ4v) is 1.56. The van der Waals surface area contributed by atoms with Crippen molar-refractivity contribution in [3.63, 3.8) is 0 Å². The summed E-state index contributed by atoms with van der Waals surface area (Å²) in [7, 11) is 1.71. The summed E-state index contributed by atoms with van der Waals surface area (Å²) < 4.78 is 1.52. The van der Waals surface area contributed by atoms with Crippen LogP contribution in [0.15, 0.2) is 28.4 Å². The molecule has 0 atom stereocenters. The molecule has 4 nitrogen and oxygen atoms in total. The lowest BCUT2D eigenvalue weighted by Gasteiger charge is -2.00. The topological polar surface area (TPSA) is 47.8 Å². The highest BCUT2D eigenvalue weighted by atomic mass is 32.2. The van der Waals surface area contributed by atoms with Crippen LogP contribution in [-0.2, 0) is 7.05 Å². The number of rotatable bonds is 1. The molecule has 2 rings (SSSR count). The van der Waals surface area contributed by atoms with Crippen molar-refractivity contribution in [1.29, 1.82) is 0 Å². The fourth-order valence-electron chi connectivity index (χ4n) is 1.21. The Balaban J connectivity index is 2.81. The minimum atomic E-state index is -0.0600. The van der Waals surface area contributed by atoms with Crippen molar-refractivity contribution in [2.75, 3.05) is 6.26 Å². The summed E-state index contributed by atoms with van der Waals surface area (Å²) in [5.74, 6) is 0. The first-order valence-corrected chi connectivity index (χ1v) is 5.31. The Hall–Kier alpha value is -1.36. The maximum Gasteiger partial charge on any atom is 0.261 e. The van der Waals surface area contributed by atoms with Crippen LogP contribution in [0, 0.1) is 0 Å². The van der Waals surface area contributed by atoms with Crippen LogP contribution in [0.5, 0.6) is 0 Å². The summed E-state index contributed by atoms with van der Waals surface area (Å²) in [4.78, 5) is 19.9.